The summed E-state index contributed by atoms with van der Waals surface area (Å²) >= 11 is 1.21. The highest BCUT2D eigenvalue weighted by atomic mass is 32.2. The third-order valence-electron chi connectivity index (χ3n) is 3.85. The lowest BCUT2D eigenvalue weighted by Crippen LogP contribution is -2.29. The van der Waals surface area contributed by atoms with Gasteiger partial charge < -0.3 is 0 Å². The zero-order valence-corrected chi connectivity index (χ0v) is 14.8. The number of rotatable bonds is 6. The summed E-state index contributed by atoms with van der Waals surface area (Å²) in [5, 5.41) is 1.76. The number of benzene rings is 1. The second-order valence-electron chi connectivity index (χ2n) is 5.45. The zero-order valence-electron chi connectivity index (χ0n) is 13.2. The predicted molar refractivity (Wildman–Crippen MR) is 96.8 cm³/mol. The topological polar surface area (TPSA) is 59.1 Å². The Morgan fingerprint density at radius 2 is 1.88 bits per heavy atom. The normalized spacial score (nSPS) is 12.9. The molecule has 2 heterocycles. The molecule has 4 nitrogen and oxygen atoms in total. The summed E-state index contributed by atoms with van der Waals surface area (Å²) in [5.41, 5.74) is 3.04. The number of aryl methyl sites for hydroxylation is 1. The molecule has 0 spiro atoms. The molecule has 24 heavy (non-hydrogen) atoms. The largest absolute Gasteiger partial charge is 0.261 e. The molecule has 0 aliphatic heterocycles. The first-order chi connectivity index (χ1) is 11.6. The van der Waals surface area contributed by atoms with Gasteiger partial charge in [0, 0.05) is 24.4 Å². The van der Waals surface area contributed by atoms with Crippen LogP contribution >= 0.6 is 11.3 Å². The second kappa shape index (κ2) is 7.25. The van der Waals surface area contributed by atoms with Crippen LogP contribution in [-0.2, 0) is 10.0 Å². The van der Waals surface area contributed by atoms with E-state index in [1.807, 2.05) is 49.4 Å². The van der Waals surface area contributed by atoms with Crippen LogP contribution in [0.4, 0.5) is 0 Å². The van der Waals surface area contributed by atoms with E-state index in [1.165, 1.54) is 11.3 Å². The van der Waals surface area contributed by atoms with Gasteiger partial charge in [-0.1, -0.05) is 36.4 Å². The Labute approximate surface area is 146 Å². The minimum Gasteiger partial charge on any atom is -0.261 e. The van der Waals surface area contributed by atoms with Gasteiger partial charge in [-0.05, 0) is 41.6 Å². The molecule has 1 atom stereocenters. The van der Waals surface area contributed by atoms with Gasteiger partial charge in [0.1, 0.15) is 4.21 Å². The first kappa shape index (κ1) is 16.8. The molecule has 0 fully saturated rings. The van der Waals surface area contributed by atoms with Crippen molar-refractivity contribution in [2.24, 2.45) is 0 Å². The SMILES string of the molecule is Cc1ccccc1C(CNS(=O)(=O)c1cccs1)c1ccccn1. The Morgan fingerprint density at radius 1 is 1.08 bits per heavy atom. The van der Waals surface area contributed by atoms with E-state index in [0.29, 0.717) is 4.21 Å². The van der Waals surface area contributed by atoms with Crippen molar-refractivity contribution < 1.29 is 8.42 Å². The van der Waals surface area contributed by atoms with Crippen molar-refractivity contribution >= 4 is 21.4 Å². The summed E-state index contributed by atoms with van der Waals surface area (Å²) < 4.78 is 27.9. The number of pyridine rings is 1. The van der Waals surface area contributed by atoms with E-state index in [9.17, 15) is 8.42 Å². The van der Waals surface area contributed by atoms with E-state index in [1.54, 1.807) is 23.7 Å². The second-order valence-corrected chi connectivity index (χ2v) is 8.39. The zero-order chi connectivity index (χ0) is 17.0. The number of hydrogen-bond donors (Lipinski definition) is 1. The van der Waals surface area contributed by atoms with E-state index in [4.69, 9.17) is 0 Å². The number of hydrogen-bond acceptors (Lipinski definition) is 4. The number of nitrogens with one attached hydrogen (secondary N) is 1. The molecule has 3 aromatic rings. The highest BCUT2D eigenvalue weighted by Gasteiger charge is 2.22. The molecule has 1 unspecified atom stereocenters. The van der Waals surface area contributed by atoms with Gasteiger partial charge in [0.2, 0.25) is 10.0 Å². The first-order valence-electron chi connectivity index (χ1n) is 7.57. The molecule has 3 rings (SSSR count). The van der Waals surface area contributed by atoms with Gasteiger partial charge in [0.25, 0.3) is 0 Å². The van der Waals surface area contributed by atoms with Crippen molar-refractivity contribution in [3.8, 4) is 0 Å². The third-order valence-corrected chi connectivity index (χ3v) is 6.67. The van der Waals surface area contributed by atoms with Crippen molar-refractivity contribution in [1.82, 2.24) is 9.71 Å². The summed E-state index contributed by atoms with van der Waals surface area (Å²) in [5.74, 6) is -0.137. The number of sulfonamides is 1. The van der Waals surface area contributed by atoms with Crippen LogP contribution in [0.1, 0.15) is 22.7 Å². The minimum atomic E-state index is -3.50. The van der Waals surface area contributed by atoms with Gasteiger partial charge >= 0.3 is 0 Å². The summed E-state index contributed by atoms with van der Waals surface area (Å²) in [7, 11) is -3.50. The van der Waals surface area contributed by atoms with E-state index < -0.39 is 10.0 Å². The summed E-state index contributed by atoms with van der Waals surface area (Å²) in [4.78, 5) is 4.43. The van der Waals surface area contributed by atoms with Gasteiger partial charge in [-0.25, -0.2) is 13.1 Å². The molecule has 6 heteroatoms. The lowest BCUT2D eigenvalue weighted by Gasteiger charge is -2.19. The molecule has 124 valence electrons. The third kappa shape index (κ3) is 3.72. The van der Waals surface area contributed by atoms with Crippen molar-refractivity contribution in [2.45, 2.75) is 17.1 Å². The highest BCUT2D eigenvalue weighted by molar-refractivity contribution is 7.91. The number of nitrogens with zero attached hydrogens (tertiary/aromatic N) is 1. The molecule has 0 aliphatic rings. The lowest BCUT2D eigenvalue weighted by atomic mass is 9.92. The molecule has 0 radical (unpaired) electrons. The van der Waals surface area contributed by atoms with E-state index in [2.05, 4.69) is 9.71 Å². The van der Waals surface area contributed by atoms with E-state index in [0.717, 1.165) is 16.8 Å². The van der Waals surface area contributed by atoms with Crippen LogP contribution in [0.15, 0.2) is 70.4 Å². The molecule has 0 aliphatic carbocycles. The Kier molecular flexibility index (Phi) is 5.08. The molecule has 0 amide bonds. The average molecular weight is 358 g/mol. The molecule has 1 N–H and O–H groups in total. The van der Waals surface area contributed by atoms with Gasteiger partial charge in [-0.3, -0.25) is 4.98 Å². The summed E-state index contributed by atoms with van der Waals surface area (Å²) in [6.07, 6.45) is 1.73. The van der Waals surface area contributed by atoms with Crippen molar-refractivity contribution in [3.63, 3.8) is 0 Å². The molecule has 0 saturated carbocycles. The van der Waals surface area contributed by atoms with Crippen LogP contribution in [0.3, 0.4) is 0 Å². The number of thiophene rings is 1. The molecule has 0 bridgehead atoms. The summed E-state index contributed by atoms with van der Waals surface area (Å²) in [6, 6.07) is 17.0. The fraction of sp³-hybridized carbons (Fsp3) is 0.167. The van der Waals surface area contributed by atoms with Crippen molar-refractivity contribution in [1.29, 1.82) is 0 Å². The van der Waals surface area contributed by atoms with Gasteiger partial charge in [0.05, 0.1) is 0 Å². The Morgan fingerprint density at radius 3 is 2.54 bits per heavy atom. The van der Waals surface area contributed by atoms with Crippen LogP contribution in [-0.4, -0.2) is 19.9 Å². The van der Waals surface area contributed by atoms with Crippen LogP contribution < -0.4 is 4.72 Å². The fourth-order valence-electron chi connectivity index (χ4n) is 2.61. The average Bonchev–Trinajstić information content (AvgIpc) is 3.13. The predicted octanol–water partition coefficient (Wildman–Crippen LogP) is 3.56. The molecule has 1 aromatic carbocycles. The maximum atomic E-state index is 12.4. The van der Waals surface area contributed by atoms with Crippen LogP contribution in [0.5, 0.6) is 0 Å². The molecular weight excluding hydrogens is 340 g/mol. The van der Waals surface area contributed by atoms with Crippen LogP contribution in [0, 0.1) is 6.92 Å². The lowest BCUT2D eigenvalue weighted by molar-refractivity contribution is 0.578. The monoisotopic (exact) mass is 358 g/mol. The fourth-order valence-corrected chi connectivity index (χ4v) is 4.70. The van der Waals surface area contributed by atoms with Crippen molar-refractivity contribution in [3.05, 3.63) is 83.0 Å². The highest BCUT2D eigenvalue weighted by Crippen LogP contribution is 2.26. The van der Waals surface area contributed by atoms with Crippen molar-refractivity contribution in [2.75, 3.05) is 6.54 Å². The number of aromatic nitrogens is 1. The minimum absolute atomic E-state index is 0.137. The summed E-state index contributed by atoms with van der Waals surface area (Å²) in [6.45, 7) is 2.29. The van der Waals surface area contributed by atoms with E-state index in [-0.39, 0.29) is 12.5 Å². The molecule has 2 aromatic heterocycles. The molecular formula is C18H18N2O2S2. The smallest absolute Gasteiger partial charge is 0.250 e. The maximum absolute atomic E-state index is 12.4. The van der Waals surface area contributed by atoms with Gasteiger partial charge in [-0.15, -0.1) is 11.3 Å². The quantitative estimate of drug-likeness (QED) is 0.733. The Hall–Kier alpha value is -2.02. The van der Waals surface area contributed by atoms with E-state index >= 15 is 0 Å². The Bertz CT molecular complexity index is 892. The van der Waals surface area contributed by atoms with Gasteiger partial charge in [0.15, 0.2) is 0 Å². The molecule has 0 saturated heterocycles. The maximum Gasteiger partial charge on any atom is 0.250 e. The Balaban J connectivity index is 1.91. The first-order valence-corrected chi connectivity index (χ1v) is 9.94. The van der Waals surface area contributed by atoms with Crippen LogP contribution in [0.25, 0.3) is 0 Å². The van der Waals surface area contributed by atoms with Gasteiger partial charge in [-0.2, -0.15) is 0 Å². The standard InChI is InChI=1S/C18H18N2O2S2/c1-14-7-2-3-8-15(14)16(17-9-4-5-11-19-17)13-20-24(21,22)18-10-6-12-23-18/h2-12,16,20H,13H2,1H3. The van der Waals surface area contributed by atoms with Crippen LogP contribution in [0.2, 0.25) is 0 Å².